The van der Waals surface area contributed by atoms with Crippen molar-refractivity contribution >= 4 is 18.2 Å². The first-order chi connectivity index (χ1) is 12.2. The fraction of sp³-hybridized carbons (Fsp3) is 0.737. The maximum atomic E-state index is 11.0. The number of hydrogen-bond acceptors (Lipinski definition) is 4. The second-order valence-electron chi connectivity index (χ2n) is 6.89. The molecule has 1 fully saturated rings. The monoisotopic (exact) mass is 368 g/mol. The van der Waals surface area contributed by atoms with Crippen molar-refractivity contribution in [3.05, 3.63) is 6.07 Å². The molecule has 1 saturated carbocycles. The number of amides is 1. The lowest BCUT2D eigenvalue weighted by molar-refractivity contribution is -0.118. The summed E-state index contributed by atoms with van der Waals surface area (Å²) in [5.41, 5.74) is 0. The van der Waals surface area contributed by atoms with Crippen molar-refractivity contribution in [1.82, 2.24) is 9.47 Å². The summed E-state index contributed by atoms with van der Waals surface area (Å²) in [4.78, 5) is 13.5. The molecule has 142 valence electrons. The number of aromatic hydroxyl groups is 2. The summed E-state index contributed by atoms with van der Waals surface area (Å²) in [5.74, 6) is 1.00. The highest BCUT2D eigenvalue weighted by molar-refractivity contribution is 7.99. The van der Waals surface area contributed by atoms with Crippen LogP contribution in [0.4, 0.5) is 0 Å². The molecule has 1 aliphatic carbocycles. The molecular formula is C19H32N2O3S. The van der Waals surface area contributed by atoms with Crippen molar-refractivity contribution in [1.29, 1.82) is 0 Å². The van der Waals surface area contributed by atoms with Gasteiger partial charge in [0.1, 0.15) is 0 Å². The molecule has 2 rings (SSSR count). The van der Waals surface area contributed by atoms with Crippen LogP contribution in [-0.2, 0) is 11.3 Å². The first-order valence-electron chi connectivity index (χ1n) is 9.62. The fourth-order valence-electron chi connectivity index (χ4n) is 3.04. The Morgan fingerprint density at radius 1 is 1.20 bits per heavy atom. The number of aromatic nitrogens is 1. The number of unbranched alkanes of at least 4 members (excludes halogenated alkanes) is 6. The first-order valence-corrected chi connectivity index (χ1v) is 10.6. The van der Waals surface area contributed by atoms with Crippen molar-refractivity contribution < 1.29 is 15.0 Å². The summed E-state index contributed by atoms with van der Waals surface area (Å²) < 4.78 is 1.59. The molecule has 0 bridgehead atoms. The van der Waals surface area contributed by atoms with E-state index < -0.39 is 0 Å². The second kappa shape index (κ2) is 10.6. The van der Waals surface area contributed by atoms with Gasteiger partial charge in [-0.25, -0.2) is 0 Å². The predicted molar refractivity (Wildman–Crippen MR) is 102 cm³/mol. The van der Waals surface area contributed by atoms with E-state index in [4.69, 9.17) is 0 Å². The molecule has 1 aromatic rings. The zero-order chi connectivity index (χ0) is 18.1. The number of nitrogens with zero attached hydrogens (tertiary/aromatic N) is 2. The Kier molecular flexibility index (Phi) is 8.52. The molecule has 0 unspecified atom stereocenters. The lowest BCUT2D eigenvalue weighted by Crippen LogP contribution is -2.26. The van der Waals surface area contributed by atoms with E-state index in [1.165, 1.54) is 43.9 Å². The number of hydrogen-bond donors (Lipinski definition) is 2. The van der Waals surface area contributed by atoms with Crippen molar-refractivity contribution in [2.24, 2.45) is 0 Å². The Hall–Kier alpha value is -1.30. The van der Waals surface area contributed by atoms with Crippen molar-refractivity contribution in [3.63, 3.8) is 0 Å². The lowest BCUT2D eigenvalue weighted by Gasteiger charge is -2.15. The molecule has 0 saturated heterocycles. The van der Waals surface area contributed by atoms with Crippen molar-refractivity contribution in [3.8, 4) is 11.8 Å². The minimum absolute atomic E-state index is 0.125. The minimum atomic E-state index is 0.125. The highest BCUT2D eigenvalue weighted by Crippen LogP contribution is 2.36. The quantitative estimate of drug-likeness (QED) is 0.291. The van der Waals surface area contributed by atoms with E-state index in [2.05, 4.69) is 6.92 Å². The topological polar surface area (TPSA) is 65.7 Å². The average molecular weight is 369 g/mol. The molecular weight excluding hydrogens is 336 g/mol. The molecule has 1 aromatic heterocycles. The smallest absolute Gasteiger partial charge is 0.209 e. The predicted octanol–water partition coefficient (Wildman–Crippen LogP) is 4.36. The highest BCUT2D eigenvalue weighted by atomic mass is 32.2. The molecule has 0 spiro atoms. The van der Waals surface area contributed by atoms with Crippen LogP contribution < -0.4 is 0 Å². The van der Waals surface area contributed by atoms with E-state index in [1.54, 1.807) is 10.6 Å². The Morgan fingerprint density at radius 2 is 1.88 bits per heavy atom. The van der Waals surface area contributed by atoms with Gasteiger partial charge in [-0.05, 0) is 19.3 Å². The largest absolute Gasteiger partial charge is 0.494 e. The van der Waals surface area contributed by atoms with Gasteiger partial charge in [0, 0.05) is 31.0 Å². The van der Waals surface area contributed by atoms with Gasteiger partial charge in [-0.15, -0.1) is 11.8 Å². The molecule has 1 aliphatic rings. The van der Waals surface area contributed by atoms with Crippen molar-refractivity contribution in [2.45, 2.75) is 82.2 Å². The Morgan fingerprint density at radius 3 is 2.52 bits per heavy atom. The van der Waals surface area contributed by atoms with Gasteiger partial charge in [-0.2, -0.15) is 0 Å². The third-order valence-corrected chi connectivity index (χ3v) is 5.75. The van der Waals surface area contributed by atoms with Crippen LogP contribution in [0.15, 0.2) is 11.0 Å². The second-order valence-corrected chi connectivity index (χ2v) is 8.02. The zero-order valence-corrected chi connectivity index (χ0v) is 16.1. The van der Waals surface area contributed by atoms with E-state index in [0.29, 0.717) is 24.0 Å². The summed E-state index contributed by atoms with van der Waals surface area (Å²) in [6, 6.07) is 2.05. The van der Waals surface area contributed by atoms with Crippen LogP contribution in [0.5, 0.6) is 11.8 Å². The van der Waals surface area contributed by atoms with Gasteiger partial charge in [0.15, 0.2) is 5.88 Å². The van der Waals surface area contributed by atoms with Crippen LogP contribution in [0, 0.1) is 0 Å². The molecule has 5 nitrogen and oxygen atoms in total. The van der Waals surface area contributed by atoms with Crippen LogP contribution in [0.1, 0.15) is 64.7 Å². The van der Waals surface area contributed by atoms with Crippen LogP contribution in [0.25, 0.3) is 0 Å². The van der Waals surface area contributed by atoms with E-state index in [9.17, 15) is 15.0 Å². The van der Waals surface area contributed by atoms with E-state index >= 15 is 0 Å². The number of carbonyl (C=O) groups excluding carboxylic acids is 1. The number of thioether (sulfide) groups is 1. The van der Waals surface area contributed by atoms with E-state index in [1.807, 2.05) is 4.90 Å². The first kappa shape index (κ1) is 20.0. The van der Waals surface area contributed by atoms with Gasteiger partial charge >= 0.3 is 0 Å². The molecule has 25 heavy (non-hydrogen) atoms. The summed E-state index contributed by atoms with van der Waals surface area (Å²) in [5, 5.41) is 20.4. The third kappa shape index (κ3) is 6.49. The SMILES string of the molecule is CCCCCCCCCn1c(O)cc(SCCN(C=O)C2CC2)c1O. The zero-order valence-electron chi connectivity index (χ0n) is 15.3. The minimum Gasteiger partial charge on any atom is -0.494 e. The Labute approximate surface area is 155 Å². The molecule has 1 amide bonds. The molecule has 0 radical (unpaired) electrons. The number of carbonyl (C=O) groups is 1. The summed E-state index contributed by atoms with van der Waals surface area (Å²) in [6.45, 7) is 3.55. The van der Waals surface area contributed by atoms with Crippen LogP contribution in [-0.4, -0.2) is 44.4 Å². The maximum absolute atomic E-state index is 11.0. The molecule has 0 aliphatic heterocycles. The van der Waals surface area contributed by atoms with Crippen molar-refractivity contribution in [2.75, 3.05) is 12.3 Å². The van der Waals surface area contributed by atoms with Crippen LogP contribution in [0.2, 0.25) is 0 Å². The van der Waals surface area contributed by atoms with Gasteiger partial charge in [0.05, 0.1) is 4.90 Å². The van der Waals surface area contributed by atoms with Gasteiger partial charge in [0.2, 0.25) is 12.3 Å². The molecule has 0 aromatic carbocycles. The van der Waals surface area contributed by atoms with E-state index in [-0.39, 0.29) is 11.8 Å². The fourth-order valence-corrected chi connectivity index (χ4v) is 3.99. The molecule has 6 heteroatoms. The Balaban J connectivity index is 1.70. The average Bonchev–Trinajstić information content (AvgIpc) is 3.40. The van der Waals surface area contributed by atoms with E-state index in [0.717, 1.165) is 37.8 Å². The Bertz CT molecular complexity index is 529. The third-order valence-electron chi connectivity index (χ3n) is 4.76. The standard InChI is InChI=1S/C19H32N2O3S/c1-2-3-4-5-6-7-8-11-21-18(23)14-17(19(21)24)25-13-12-20(15-22)16-9-10-16/h14-16,23-24H,2-13H2,1H3. The lowest BCUT2D eigenvalue weighted by atomic mass is 10.1. The highest BCUT2D eigenvalue weighted by Gasteiger charge is 2.27. The summed E-state index contributed by atoms with van der Waals surface area (Å²) in [7, 11) is 0. The van der Waals surface area contributed by atoms with Crippen LogP contribution in [0.3, 0.4) is 0 Å². The van der Waals surface area contributed by atoms with Gasteiger partial charge in [-0.3, -0.25) is 9.36 Å². The van der Waals surface area contributed by atoms with Crippen LogP contribution >= 0.6 is 11.8 Å². The summed E-state index contributed by atoms with van der Waals surface area (Å²) in [6.07, 6.45) is 11.6. The molecule has 1 heterocycles. The summed E-state index contributed by atoms with van der Waals surface area (Å²) >= 11 is 1.49. The maximum Gasteiger partial charge on any atom is 0.209 e. The molecule has 2 N–H and O–H groups in total. The normalized spacial score (nSPS) is 14.0. The van der Waals surface area contributed by atoms with Gasteiger partial charge in [-0.1, -0.05) is 45.4 Å². The van der Waals surface area contributed by atoms with Gasteiger partial charge in [0.25, 0.3) is 0 Å². The van der Waals surface area contributed by atoms with Gasteiger partial charge < -0.3 is 15.1 Å². The number of rotatable bonds is 14. The molecule has 0 atom stereocenters.